The average Bonchev–Trinajstić information content (AvgIpc) is 3.28. The third-order valence-electron chi connectivity index (χ3n) is 4.89. The highest BCUT2D eigenvalue weighted by molar-refractivity contribution is 5.97. The van der Waals surface area contributed by atoms with Crippen molar-refractivity contribution >= 4 is 28.2 Å². The number of halogens is 1. The van der Waals surface area contributed by atoms with E-state index in [4.69, 9.17) is 0 Å². The van der Waals surface area contributed by atoms with Crippen molar-refractivity contribution in [1.82, 2.24) is 20.1 Å². The molecular formula is C21H16FN5O. The SMILES string of the molecule is O=C1c2cccnc2CN1Cc1ccc(Nc2ccc3[nH]ncc3c2)cc1F. The van der Waals surface area contributed by atoms with E-state index in [2.05, 4.69) is 20.5 Å². The first-order valence-electron chi connectivity index (χ1n) is 8.89. The zero-order valence-electron chi connectivity index (χ0n) is 14.8. The molecule has 0 radical (unpaired) electrons. The fourth-order valence-electron chi connectivity index (χ4n) is 3.46. The van der Waals surface area contributed by atoms with Crippen LogP contribution in [0.2, 0.25) is 0 Å². The van der Waals surface area contributed by atoms with Crippen LogP contribution in [-0.4, -0.2) is 26.0 Å². The van der Waals surface area contributed by atoms with Crippen molar-refractivity contribution < 1.29 is 9.18 Å². The Morgan fingerprint density at radius 3 is 2.86 bits per heavy atom. The zero-order valence-corrected chi connectivity index (χ0v) is 14.8. The van der Waals surface area contributed by atoms with E-state index in [9.17, 15) is 9.18 Å². The number of nitrogens with one attached hydrogen (secondary N) is 2. The van der Waals surface area contributed by atoms with E-state index in [0.29, 0.717) is 23.4 Å². The molecule has 0 fully saturated rings. The number of benzene rings is 2. The second-order valence-corrected chi connectivity index (χ2v) is 6.76. The standard InChI is InChI=1S/C21H16FN5O/c22-18-9-16(25-15-5-6-19-14(8-15)10-24-26-19)4-3-13(18)11-27-12-20-17(21(27)28)2-1-7-23-20/h1-10,25H,11-12H2,(H,24,26). The molecule has 5 rings (SSSR count). The maximum atomic E-state index is 14.7. The van der Waals surface area contributed by atoms with E-state index in [1.807, 2.05) is 24.3 Å². The Labute approximate surface area is 160 Å². The average molecular weight is 373 g/mol. The summed E-state index contributed by atoms with van der Waals surface area (Å²) in [4.78, 5) is 18.3. The van der Waals surface area contributed by atoms with Gasteiger partial charge in [0.05, 0.1) is 29.5 Å². The Bertz CT molecular complexity index is 1200. The summed E-state index contributed by atoms with van der Waals surface area (Å²) in [5.74, 6) is -0.468. The van der Waals surface area contributed by atoms with Crippen LogP contribution in [0.4, 0.5) is 15.8 Å². The Balaban J connectivity index is 1.33. The maximum absolute atomic E-state index is 14.7. The number of carbonyl (C=O) groups excluding carboxylic acids is 1. The van der Waals surface area contributed by atoms with Gasteiger partial charge in [0.1, 0.15) is 5.82 Å². The van der Waals surface area contributed by atoms with Gasteiger partial charge in [0.25, 0.3) is 5.91 Å². The number of fused-ring (bicyclic) bond motifs is 2. The molecular weight excluding hydrogens is 357 g/mol. The van der Waals surface area contributed by atoms with Gasteiger partial charge < -0.3 is 10.2 Å². The van der Waals surface area contributed by atoms with Crippen LogP contribution in [0, 0.1) is 5.82 Å². The lowest BCUT2D eigenvalue weighted by molar-refractivity contribution is 0.0765. The van der Waals surface area contributed by atoms with Gasteiger partial charge in [-0.2, -0.15) is 5.10 Å². The van der Waals surface area contributed by atoms with Crippen molar-refractivity contribution in [2.45, 2.75) is 13.1 Å². The van der Waals surface area contributed by atoms with Crippen molar-refractivity contribution in [3.8, 4) is 0 Å². The molecule has 2 aromatic heterocycles. The van der Waals surface area contributed by atoms with E-state index in [-0.39, 0.29) is 18.3 Å². The summed E-state index contributed by atoms with van der Waals surface area (Å²) < 4.78 is 14.7. The summed E-state index contributed by atoms with van der Waals surface area (Å²) in [6.07, 6.45) is 3.40. The van der Waals surface area contributed by atoms with E-state index in [1.54, 1.807) is 35.5 Å². The van der Waals surface area contributed by atoms with Crippen LogP contribution in [0.25, 0.3) is 10.9 Å². The summed E-state index contributed by atoms with van der Waals surface area (Å²) in [7, 11) is 0. The van der Waals surface area contributed by atoms with Gasteiger partial charge in [-0.1, -0.05) is 6.07 Å². The predicted octanol–water partition coefficient (Wildman–Crippen LogP) is 4.00. The molecule has 0 atom stereocenters. The van der Waals surface area contributed by atoms with Gasteiger partial charge in [0.15, 0.2) is 0 Å². The quantitative estimate of drug-likeness (QED) is 0.567. The number of carbonyl (C=O) groups is 1. The van der Waals surface area contributed by atoms with Gasteiger partial charge >= 0.3 is 0 Å². The van der Waals surface area contributed by atoms with Crippen molar-refractivity contribution in [2.24, 2.45) is 0 Å². The van der Waals surface area contributed by atoms with Crippen LogP contribution in [0.15, 0.2) is 60.9 Å². The number of hydrogen-bond donors (Lipinski definition) is 2. The van der Waals surface area contributed by atoms with Crippen LogP contribution >= 0.6 is 0 Å². The minimum absolute atomic E-state index is 0.113. The first-order chi connectivity index (χ1) is 13.7. The highest BCUT2D eigenvalue weighted by Crippen LogP contribution is 2.26. The Morgan fingerprint density at radius 1 is 1.14 bits per heavy atom. The highest BCUT2D eigenvalue weighted by atomic mass is 19.1. The lowest BCUT2D eigenvalue weighted by Crippen LogP contribution is -2.23. The van der Waals surface area contributed by atoms with E-state index in [1.165, 1.54) is 6.07 Å². The molecule has 6 nitrogen and oxygen atoms in total. The first-order valence-corrected chi connectivity index (χ1v) is 8.89. The van der Waals surface area contributed by atoms with Gasteiger partial charge in [-0.3, -0.25) is 14.9 Å². The lowest BCUT2D eigenvalue weighted by Gasteiger charge is -2.16. The highest BCUT2D eigenvalue weighted by Gasteiger charge is 2.28. The molecule has 2 aromatic carbocycles. The van der Waals surface area contributed by atoms with Gasteiger partial charge in [-0.25, -0.2) is 4.39 Å². The fourth-order valence-corrected chi connectivity index (χ4v) is 3.46. The summed E-state index contributed by atoms with van der Waals surface area (Å²) >= 11 is 0. The molecule has 1 aliphatic rings. The van der Waals surface area contributed by atoms with E-state index >= 15 is 0 Å². The van der Waals surface area contributed by atoms with Crippen molar-refractivity contribution in [1.29, 1.82) is 0 Å². The second-order valence-electron chi connectivity index (χ2n) is 6.76. The Kier molecular flexibility index (Phi) is 3.79. The molecule has 1 amide bonds. The zero-order chi connectivity index (χ0) is 19.1. The van der Waals surface area contributed by atoms with Gasteiger partial charge in [0, 0.05) is 35.1 Å². The number of aromatic amines is 1. The number of nitrogens with zero attached hydrogens (tertiary/aromatic N) is 3. The molecule has 2 N–H and O–H groups in total. The summed E-state index contributed by atoms with van der Waals surface area (Å²) in [6.45, 7) is 0.613. The largest absolute Gasteiger partial charge is 0.355 e. The molecule has 0 saturated carbocycles. The van der Waals surface area contributed by atoms with Crippen LogP contribution in [0.1, 0.15) is 21.6 Å². The number of H-pyrrole nitrogens is 1. The Hall–Kier alpha value is -3.74. The van der Waals surface area contributed by atoms with Crippen molar-refractivity contribution in [3.05, 3.63) is 83.6 Å². The predicted molar refractivity (Wildman–Crippen MR) is 104 cm³/mol. The van der Waals surface area contributed by atoms with Crippen LogP contribution in [0.3, 0.4) is 0 Å². The van der Waals surface area contributed by atoms with Crippen LogP contribution < -0.4 is 5.32 Å². The third-order valence-corrected chi connectivity index (χ3v) is 4.89. The molecule has 1 aliphatic heterocycles. The Morgan fingerprint density at radius 2 is 2.00 bits per heavy atom. The molecule has 0 bridgehead atoms. The van der Waals surface area contributed by atoms with E-state index in [0.717, 1.165) is 22.3 Å². The number of amides is 1. The van der Waals surface area contributed by atoms with E-state index < -0.39 is 0 Å². The fraction of sp³-hybridized carbons (Fsp3) is 0.0952. The summed E-state index contributed by atoms with van der Waals surface area (Å²) in [5.41, 5.74) is 4.23. The summed E-state index contributed by atoms with van der Waals surface area (Å²) in [5, 5.41) is 11.1. The number of aromatic nitrogens is 3. The van der Waals surface area contributed by atoms with Gasteiger partial charge in [-0.05, 0) is 42.5 Å². The molecule has 7 heteroatoms. The molecule has 0 aliphatic carbocycles. The van der Waals surface area contributed by atoms with Gasteiger partial charge in [-0.15, -0.1) is 0 Å². The molecule has 0 saturated heterocycles. The maximum Gasteiger partial charge on any atom is 0.256 e. The van der Waals surface area contributed by atoms with Gasteiger partial charge in [0.2, 0.25) is 0 Å². The smallest absolute Gasteiger partial charge is 0.256 e. The minimum atomic E-state index is -0.355. The second kappa shape index (κ2) is 6.45. The third kappa shape index (κ3) is 2.87. The number of rotatable bonds is 4. The minimum Gasteiger partial charge on any atom is -0.355 e. The molecule has 0 spiro atoms. The number of anilines is 2. The number of hydrogen-bond acceptors (Lipinski definition) is 4. The first kappa shape index (κ1) is 16.4. The monoisotopic (exact) mass is 373 g/mol. The van der Waals surface area contributed by atoms with Crippen LogP contribution in [-0.2, 0) is 13.1 Å². The van der Waals surface area contributed by atoms with Crippen molar-refractivity contribution in [2.75, 3.05) is 5.32 Å². The molecule has 0 unspecified atom stereocenters. The van der Waals surface area contributed by atoms with Crippen LogP contribution in [0.5, 0.6) is 0 Å². The molecule has 3 heterocycles. The topological polar surface area (TPSA) is 73.9 Å². The lowest BCUT2D eigenvalue weighted by atomic mass is 10.1. The normalized spacial score (nSPS) is 13.2. The van der Waals surface area contributed by atoms with Crippen molar-refractivity contribution in [3.63, 3.8) is 0 Å². The molecule has 4 aromatic rings. The molecule has 138 valence electrons. The molecule has 28 heavy (non-hydrogen) atoms. The number of pyridine rings is 1. The summed E-state index contributed by atoms with van der Waals surface area (Å²) in [6, 6.07) is 14.2.